The van der Waals surface area contributed by atoms with Crippen LogP contribution in [-0.2, 0) is 26.0 Å². The first-order valence-electron chi connectivity index (χ1n) is 12.6. The Morgan fingerprint density at radius 3 is 2.30 bits per heavy atom. The van der Waals surface area contributed by atoms with Crippen LogP contribution >= 0.6 is 0 Å². The van der Waals surface area contributed by atoms with Crippen LogP contribution in [0.5, 0.6) is 5.75 Å². The van der Waals surface area contributed by atoms with Gasteiger partial charge < -0.3 is 18.6 Å². The van der Waals surface area contributed by atoms with Crippen molar-refractivity contribution < 1.29 is 18.6 Å². The van der Waals surface area contributed by atoms with Crippen LogP contribution in [0.25, 0.3) is 0 Å². The zero-order valence-corrected chi connectivity index (χ0v) is 21.8. The Labute approximate surface area is 199 Å². The summed E-state index contributed by atoms with van der Waals surface area (Å²) in [4.78, 5) is 0. The van der Waals surface area contributed by atoms with Crippen LogP contribution in [-0.4, -0.2) is 33.4 Å². The Balaban J connectivity index is 1.53. The maximum Gasteiger partial charge on any atom is 0.258 e. The molecular formula is C27H37NO4Si. The third-order valence-electron chi connectivity index (χ3n) is 8.83. The lowest BCUT2D eigenvalue weighted by molar-refractivity contribution is -0.154. The van der Waals surface area contributed by atoms with Gasteiger partial charge in [0.15, 0.2) is 5.79 Å². The second-order valence-electron chi connectivity index (χ2n) is 11.2. The van der Waals surface area contributed by atoms with Gasteiger partial charge in [-0.05, 0) is 46.3 Å². The third kappa shape index (κ3) is 3.08. The van der Waals surface area contributed by atoms with Gasteiger partial charge in [-0.25, -0.2) is 0 Å². The van der Waals surface area contributed by atoms with Crippen molar-refractivity contribution in [3.05, 3.63) is 41.2 Å². The van der Waals surface area contributed by atoms with Crippen LogP contribution in [0, 0.1) is 17.2 Å². The summed E-state index contributed by atoms with van der Waals surface area (Å²) in [5, 5.41) is 10.6. The Bertz CT molecular complexity index is 982. The van der Waals surface area contributed by atoms with Gasteiger partial charge in [0.2, 0.25) is 0 Å². The van der Waals surface area contributed by atoms with Gasteiger partial charge in [-0.2, -0.15) is 5.26 Å². The summed E-state index contributed by atoms with van der Waals surface area (Å²) < 4.78 is 25.3. The number of fused-ring (bicyclic) bond motifs is 3. The number of nitriles is 1. The summed E-state index contributed by atoms with van der Waals surface area (Å²) in [5.41, 5.74) is 4.26. The zero-order valence-electron chi connectivity index (χ0n) is 20.8. The fourth-order valence-electron chi connectivity index (χ4n) is 7.52. The molecule has 2 heterocycles. The summed E-state index contributed by atoms with van der Waals surface area (Å²) in [6.45, 7) is 15.1. The molecule has 1 saturated carbocycles. The molecule has 33 heavy (non-hydrogen) atoms. The quantitative estimate of drug-likeness (QED) is 0.498. The summed E-state index contributed by atoms with van der Waals surface area (Å²) in [5.74, 6) is 0.227. The highest BCUT2D eigenvalue weighted by atomic mass is 28.4. The van der Waals surface area contributed by atoms with E-state index in [-0.39, 0.29) is 12.0 Å². The highest BCUT2D eigenvalue weighted by Gasteiger charge is 2.63. The zero-order chi connectivity index (χ0) is 23.6. The lowest BCUT2D eigenvalue weighted by Gasteiger charge is -2.49. The molecule has 0 bridgehead atoms. The molecule has 4 aliphatic rings. The van der Waals surface area contributed by atoms with Crippen molar-refractivity contribution in [2.45, 2.75) is 94.7 Å². The molecular weight excluding hydrogens is 430 g/mol. The standard InChI is InChI=1S/C27H37NO4Si/c1-17(2)33(18(3)4,19(5)6)32-21-7-8-22-20(13-21)14-24-25-23(15-29-24)27(30-11-12-31-27)10-9-26(22,25)16-28/h7-8,13,15,17-19,24-25H,9-12,14H2,1-6H3/t24-,25-,26-/m1/s1. The molecule has 0 amide bonds. The van der Waals surface area contributed by atoms with Crippen molar-refractivity contribution in [2.24, 2.45) is 5.92 Å². The number of rotatable bonds is 5. The highest BCUT2D eigenvalue weighted by Crippen LogP contribution is 2.60. The van der Waals surface area contributed by atoms with E-state index in [0.717, 1.165) is 23.3 Å². The molecule has 0 radical (unpaired) electrons. The average molecular weight is 468 g/mol. The van der Waals surface area contributed by atoms with E-state index in [4.69, 9.17) is 18.6 Å². The number of hydrogen-bond donors (Lipinski definition) is 0. The van der Waals surface area contributed by atoms with Gasteiger partial charge in [-0.3, -0.25) is 0 Å². The van der Waals surface area contributed by atoms with E-state index in [9.17, 15) is 5.26 Å². The van der Waals surface area contributed by atoms with Crippen LogP contribution in [0.1, 0.15) is 65.5 Å². The van der Waals surface area contributed by atoms with E-state index in [1.54, 1.807) is 0 Å². The van der Waals surface area contributed by atoms with Crippen molar-refractivity contribution >= 4 is 8.32 Å². The van der Waals surface area contributed by atoms with E-state index >= 15 is 0 Å². The molecule has 2 aliphatic carbocycles. The van der Waals surface area contributed by atoms with Gasteiger partial charge in [0.25, 0.3) is 8.32 Å². The summed E-state index contributed by atoms with van der Waals surface area (Å²) in [6.07, 6.45) is 3.94. The van der Waals surface area contributed by atoms with Gasteiger partial charge in [0.1, 0.15) is 11.9 Å². The molecule has 6 heteroatoms. The molecule has 2 fully saturated rings. The van der Waals surface area contributed by atoms with Gasteiger partial charge >= 0.3 is 0 Å². The summed E-state index contributed by atoms with van der Waals surface area (Å²) in [7, 11) is -2.05. The number of hydrogen-bond acceptors (Lipinski definition) is 5. The Hall–Kier alpha value is -1.81. The minimum absolute atomic E-state index is 0.0240. The topological polar surface area (TPSA) is 60.7 Å². The first-order valence-corrected chi connectivity index (χ1v) is 14.7. The predicted octanol–water partition coefficient (Wildman–Crippen LogP) is 5.99. The summed E-state index contributed by atoms with van der Waals surface area (Å²) in [6, 6.07) is 9.21. The molecule has 5 nitrogen and oxygen atoms in total. The second-order valence-corrected chi connectivity index (χ2v) is 16.6. The van der Waals surface area contributed by atoms with Gasteiger partial charge in [0, 0.05) is 24.3 Å². The molecule has 2 aliphatic heterocycles. The van der Waals surface area contributed by atoms with E-state index < -0.39 is 19.5 Å². The van der Waals surface area contributed by atoms with Crippen LogP contribution < -0.4 is 4.43 Å². The Morgan fingerprint density at radius 1 is 1.03 bits per heavy atom. The van der Waals surface area contributed by atoms with Gasteiger partial charge in [-0.15, -0.1) is 0 Å². The van der Waals surface area contributed by atoms with Crippen LogP contribution in [0.3, 0.4) is 0 Å². The van der Waals surface area contributed by atoms with Crippen molar-refractivity contribution in [3.8, 4) is 11.8 Å². The molecule has 0 unspecified atom stereocenters. The lowest BCUT2D eigenvalue weighted by atomic mass is 9.55. The van der Waals surface area contributed by atoms with Crippen molar-refractivity contribution in [1.29, 1.82) is 5.26 Å². The van der Waals surface area contributed by atoms with Gasteiger partial charge in [-0.1, -0.05) is 47.6 Å². The fourth-order valence-corrected chi connectivity index (χ4v) is 12.8. The molecule has 0 N–H and O–H groups in total. The lowest BCUT2D eigenvalue weighted by Crippen LogP contribution is -2.54. The monoisotopic (exact) mass is 467 g/mol. The maximum atomic E-state index is 10.6. The largest absolute Gasteiger partial charge is 0.543 e. The molecule has 5 rings (SSSR count). The maximum absolute atomic E-state index is 10.6. The van der Waals surface area contributed by atoms with Crippen LogP contribution in [0.4, 0.5) is 0 Å². The Kier molecular flexibility index (Phi) is 5.47. The first-order chi connectivity index (χ1) is 15.7. The molecule has 1 aromatic rings. The average Bonchev–Trinajstić information content (AvgIpc) is 3.42. The predicted molar refractivity (Wildman–Crippen MR) is 129 cm³/mol. The third-order valence-corrected chi connectivity index (χ3v) is 14.8. The SMILES string of the molecule is CC(C)[Si](Oc1ccc2c(c1)C[C@H]1OC=C3[C@H]1[C@@]2(C#N)CCC31OCCO1)(C(C)C)C(C)C. The second kappa shape index (κ2) is 7.86. The van der Waals surface area contributed by atoms with Crippen LogP contribution in [0.2, 0.25) is 16.6 Å². The Morgan fingerprint density at radius 2 is 1.70 bits per heavy atom. The van der Waals surface area contributed by atoms with Gasteiger partial charge in [0.05, 0.1) is 31.0 Å². The van der Waals surface area contributed by atoms with Crippen molar-refractivity contribution in [1.82, 2.24) is 0 Å². The van der Waals surface area contributed by atoms with E-state index in [1.165, 1.54) is 5.56 Å². The highest BCUT2D eigenvalue weighted by molar-refractivity contribution is 6.78. The van der Waals surface area contributed by atoms with Crippen molar-refractivity contribution in [3.63, 3.8) is 0 Å². The number of nitrogens with zero attached hydrogens (tertiary/aromatic N) is 1. The van der Waals surface area contributed by atoms with Crippen molar-refractivity contribution in [2.75, 3.05) is 13.2 Å². The van der Waals surface area contributed by atoms with E-state index in [1.807, 2.05) is 6.26 Å². The minimum Gasteiger partial charge on any atom is -0.543 e. The minimum atomic E-state index is -2.05. The number of benzene rings is 1. The molecule has 0 aromatic heterocycles. The molecule has 1 spiro atoms. The van der Waals surface area contributed by atoms with E-state index in [0.29, 0.717) is 42.7 Å². The molecule has 1 saturated heterocycles. The first kappa shape index (κ1) is 23.0. The molecule has 3 atom stereocenters. The molecule has 178 valence electrons. The smallest absolute Gasteiger partial charge is 0.258 e. The number of ether oxygens (including phenoxy) is 3. The summed E-state index contributed by atoms with van der Waals surface area (Å²) >= 11 is 0. The van der Waals surface area contributed by atoms with E-state index in [2.05, 4.69) is 65.8 Å². The normalized spacial score (nSPS) is 29.6. The fraction of sp³-hybridized carbons (Fsp3) is 0.667. The van der Waals surface area contributed by atoms with Crippen LogP contribution in [0.15, 0.2) is 30.0 Å². The molecule has 1 aromatic carbocycles.